The van der Waals surface area contributed by atoms with E-state index in [4.69, 9.17) is 0 Å². The highest BCUT2D eigenvalue weighted by atomic mass is 79.9. The van der Waals surface area contributed by atoms with E-state index < -0.39 is 0 Å². The van der Waals surface area contributed by atoms with Gasteiger partial charge in [0.05, 0.1) is 5.56 Å². The average Bonchev–Trinajstić information content (AvgIpc) is 2.38. The van der Waals surface area contributed by atoms with Crippen LogP contribution >= 0.6 is 15.9 Å². The molecule has 0 fully saturated rings. The summed E-state index contributed by atoms with van der Waals surface area (Å²) in [5, 5.41) is 12.4. The van der Waals surface area contributed by atoms with Crippen molar-refractivity contribution in [1.29, 1.82) is 0 Å². The highest BCUT2D eigenvalue weighted by Gasteiger charge is 2.17. The van der Waals surface area contributed by atoms with Gasteiger partial charge in [0, 0.05) is 11.4 Å². The zero-order chi connectivity index (χ0) is 13.5. The average molecular weight is 314 g/mol. The van der Waals surface area contributed by atoms with E-state index in [0.29, 0.717) is 18.0 Å². The summed E-state index contributed by atoms with van der Waals surface area (Å²) in [5.74, 6) is 0.335. The number of aromatic hydroxyl groups is 1. The maximum atomic E-state index is 11.9. The minimum atomic E-state index is -0.233. The first kappa shape index (κ1) is 15.0. The third-order valence-corrected chi connectivity index (χ3v) is 4.24. The van der Waals surface area contributed by atoms with Gasteiger partial charge in [-0.2, -0.15) is 0 Å². The van der Waals surface area contributed by atoms with Gasteiger partial charge in [-0.15, -0.1) is 0 Å². The van der Waals surface area contributed by atoms with Gasteiger partial charge in [-0.05, 0) is 18.1 Å². The zero-order valence-corrected chi connectivity index (χ0v) is 12.4. The number of halogens is 1. The van der Waals surface area contributed by atoms with Crippen molar-refractivity contribution in [2.45, 2.75) is 31.5 Å². The van der Waals surface area contributed by atoms with Crippen molar-refractivity contribution in [1.82, 2.24) is 5.32 Å². The van der Waals surface area contributed by atoms with E-state index in [2.05, 4.69) is 35.1 Å². The fourth-order valence-electron chi connectivity index (χ4n) is 1.92. The van der Waals surface area contributed by atoms with Crippen LogP contribution in [0.2, 0.25) is 0 Å². The minimum absolute atomic E-state index is 0.0173. The Balaban J connectivity index is 2.54. The lowest BCUT2D eigenvalue weighted by atomic mass is 9.99. The Kier molecular flexibility index (Phi) is 6.19. The summed E-state index contributed by atoms with van der Waals surface area (Å²) in [6.07, 6.45) is 2.16. The summed E-state index contributed by atoms with van der Waals surface area (Å²) in [4.78, 5) is 12.1. The summed E-state index contributed by atoms with van der Waals surface area (Å²) < 4.78 is 0. The summed E-state index contributed by atoms with van der Waals surface area (Å²) in [5.41, 5.74) is 0.321. The van der Waals surface area contributed by atoms with Gasteiger partial charge in [0.1, 0.15) is 5.75 Å². The number of rotatable bonds is 6. The van der Waals surface area contributed by atoms with Crippen LogP contribution in [-0.2, 0) is 0 Å². The first-order valence-electron chi connectivity index (χ1n) is 6.30. The van der Waals surface area contributed by atoms with Crippen molar-refractivity contribution in [3.8, 4) is 5.75 Å². The van der Waals surface area contributed by atoms with E-state index in [1.165, 1.54) is 6.07 Å². The summed E-state index contributed by atoms with van der Waals surface area (Å²) in [7, 11) is 0. The van der Waals surface area contributed by atoms with Crippen LogP contribution in [-0.4, -0.2) is 22.4 Å². The van der Waals surface area contributed by atoms with Crippen molar-refractivity contribution in [2.24, 2.45) is 5.92 Å². The van der Waals surface area contributed by atoms with Crippen molar-refractivity contribution >= 4 is 21.8 Å². The first-order valence-corrected chi connectivity index (χ1v) is 7.21. The van der Waals surface area contributed by atoms with E-state index in [0.717, 1.165) is 12.8 Å². The molecule has 0 aromatic heterocycles. The molecule has 0 aliphatic rings. The Labute approximate surface area is 117 Å². The Morgan fingerprint density at radius 1 is 1.33 bits per heavy atom. The third kappa shape index (κ3) is 4.02. The molecular weight excluding hydrogens is 294 g/mol. The number of carbonyl (C=O) groups excluding carboxylic acids is 1. The predicted octanol–water partition coefficient (Wildman–Crippen LogP) is 3.32. The summed E-state index contributed by atoms with van der Waals surface area (Å²) >= 11 is 3.61. The molecule has 0 bridgehead atoms. The van der Waals surface area contributed by atoms with Crippen LogP contribution in [0.4, 0.5) is 0 Å². The van der Waals surface area contributed by atoms with Gasteiger partial charge in [-0.1, -0.05) is 54.8 Å². The standard InChI is InChI=1S/C14H20BrNO2/c1-3-10(4-2)12(15)9-16-14(18)11-7-5-6-8-13(11)17/h5-8,10,12,17H,3-4,9H2,1-2H3,(H,16,18). The highest BCUT2D eigenvalue weighted by molar-refractivity contribution is 9.09. The second kappa shape index (κ2) is 7.41. The quantitative estimate of drug-likeness (QED) is 0.791. The summed E-state index contributed by atoms with van der Waals surface area (Å²) in [6, 6.07) is 6.57. The Hall–Kier alpha value is -1.03. The number of hydrogen-bond acceptors (Lipinski definition) is 2. The second-order valence-corrected chi connectivity index (χ2v) is 5.50. The molecule has 18 heavy (non-hydrogen) atoms. The van der Waals surface area contributed by atoms with Crippen LogP contribution in [0.3, 0.4) is 0 Å². The number of phenols is 1. The third-order valence-electron chi connectivity index (χ3n) is 3.17. The maximum absolute atomic E-state index is 11.9. The molecule has 0 spiro atoms. The summed E-state index contributed by atoms with van der Waals surface area (Å²) in [6.45, 7) is 4.86. The minimum Gasteiger partial charge on any atom is -0.507 e. The number of phenolic OH excluding ortho intramolecular Hbond substituents is 1. The van der Waals surface area contributed by atoms with Crippen LogP contribution in [0, 0.1) is 5.92 Å². The van der Waals surface area contributed by atoms with Crippen LogP contribution in [0.5, 0.6) is 5.75 Å². The normalized spacial score (nSPS) is 12.4. The zero-order valence-electron chi connectivity index (χ0n) is 10.8. The van der Waals surface area contributed by atoms with E-state index in [9.17, 15) is 9.90 Å². The second-order valence-electron chi connectivity index (χ2n) is 4.32. The molecule has 0 radical (unpaired) electrons. The van der Waals surface area contributed by atoms with Crippen LogP contribution in [0.25, 0.3) is 0 Å². The number of benzene rings is 1. The maximum Gasteiger partial charge on any atom is 0.255 e. The molecule has 2 N–H and O–H groups in total. The Morgan fingerprint density at radius 3 is 2.50 bits per heavy atom. The predicted molar refractivity (Wildman–Crippen MR) is 77.2 cm³/mol. The fourth-order valence-corrected chi connectivity index (χ4v) is 2.83. The van der Waals surface area contributed by atoms with Crippen molar-refractivity contribution in [2.75, 3.05) is 6.54 Å². The van der Waals surface area contributed by atoms with Crippen molar-refractivity contribution < 1.29 is 9.90 Å². The first-order chi connectivity index (χ1) is 8.60. The SMILES string of the molecule is CCC(CC)C(Br)CNC(=O)c1ccccc1O. The van der Waals surface area contributed by atoms with E-state index in [1.54, 1.807) is 18.2 Å². The molecule has 1 amide bonds. The smallest absolute Gasteiger partial charge is 0.255 e. The van der Waals surface area contributed by atoms with Gasteiger partial charge in [0.15, 0.2) is 0 Å². The number of hydrogen-bond donors (Lipinski definition) is 2. The van der Waals surface area contributed by atoms with Crippen LogP contribution in [0.1, 0.15) is 37.0 Å². The van der Waals surface area contributed by atoms with Gasteiger partial charge in [0.2, 0.25) is 0 Å². The molecule has 1 aromatic rings. The lowest BCUT2D eigenvalue weighted by molar-refractivity contribution is 0.0949. The number of para-hydroxylation sites is 1. The molecule has 0 aliphatic heterocycles. The Morgan fingerprint density at radius 2 is 1.94 bits per heavy atom. The van der Waals surface area contributed by atoms with Crippen LogP contribution in [0.15, 0.2) is 24.3 Å². The molecule has 0 saturated heterocycles. The lowest BCUT2D eigenvalue weighted by Gasteiger charge is -2.20. The lowest BCUT2D eigenvalue weighted by Crippen LogP contribution is -2.32. The number of carbonyl (C=O) groups is 1. The number of alkyl halides is 1. The molecule has 100 valence electrons. The molecule has 1 atom stereocenters. The molecule has 0 heterocycles. The molecule has 4 heteroatoms. The monoisotopic (exact) mass is 313 g/mol. The van der Waals surface area contributed by atoms with Gasteiger partial charge >= 0.3 is 0 Å². The van der Waals surface area contributed by atoms with Crippen molar-refractivity contribution in [3.05, 3.63) is 29.8 Å². The largest absolute Gasteiger partial charge is 0.507 e. The topological polar surface area (TPSA) is 49.3 Å². The van der Waals surface area contributed by atoms with Gasteiger partial charge in [0.25, 0.3) is 5.91 Å². The fraction of sp³-hybridized carbons (Fsp3) is 0.500. The number of amides is 1. The Bertz CT molecular complexity index is 391. The van der Waals surface area contributed by atoms with Gasteiger partial charge in [-0.25, -0.2) is 0 Å². The molecule has 1 rings (SSSR count). The van der Waals surface area contributed by atoms with Gasteiger partial charge in [-0.3, -0.25) is 4.79 Å². The molecular formula is C14H20BrNO2. The molecule has 0 aliphatic carbocycles. The molecule has 3 nitrogen and oxygen atoms in total. The van der Waals surface area contributed by atoms with Gasteiger partial charge < -0.3 is 10.4 Å². The van der Waals surface area contributed by atoms with Crippen molar-refractivity contribution in [3.63, 3.8) is 0 Å². The number of nitrogens with one attached hydrogen (secondary N) is 1. The molecule has 1 unspecified atom stereocenters. The molecule has 1 aromatic carbocycles. The van der Waals surface area contributed by atoms with E-state index in [1.807, 2.05) is 0 Å². The highest BCUT2D eigenvalue weighted by Crippen LogP contribution is 2.20. The van der Waals surface area contributed by atoms with Crippen LogP contribution < -0.4 is 5.32 Å². The molecule has 0 saturated carbocycles. The van der Waals surface area contributed by atoms with E-state index >= 15 is 0 Å². The van der Waals surface area contributed by atoms with E-state index in [-0.39, 0.29) is 16.5 Å².